The standard InChI is InChI=1S/C35H38NO/c1-21-24-11-9-10-12-26(24)28(20-35(5,6)7)33-30(21)32-31-27(15-16-36(32)8)25-14-13-22(19-34(2,3)4)17-23(25)18-29(31)37-33/h9-18H,19-20H2,1-8H3/q+1/i16D. The van der Waals surface area contributed by atoms with E-state index in [2.05, 4.69) is 97.0 Å². The number of hydrogen-bond acceptors (Lipinski definition) is 1. The summed E-state index contributed by atoms with van der Waals surface area (Å²) in [5, 5.41) is 7.06. The van der Waals surface area contributed by atoms with Crippen molar-refractivity contribution in [2.75, 3.05) is 0 Å². The lowest BCUT2D eigenvalue weighted by molar-refractivity contribution is -0.659. The summed E-state index contributed by atoms with van der Waals surface area (Å²) in [5.74, 6) is 1.85. The van der Waals surface area contributed by atoms with Crippen LogP contribution in [0.5, 0.6) is 11.5 Å². The Morgan fingerprint density at radius 1 is 0.811 bits per heavy atom. The molecular weight excluding hydrogens is 450 g/mol. The van der Waals surface area contributed by atoms with Crippen LogP contribution in [0.4, 0.5) is 0 Å². The zero-order valence-electron chi connectivity index (χ0n) is 24.5. The Balaban J connectivity index is 1.74. The molecule has 0 saturated heterocycles. The molecule has 0 N–H and O–H groups in total. The van der Waals surface area contributed by atoms with Crippen LogP contribution in [0.15, 0.2) is 60.8 Å². The summed E-state index contributed by atoms with van der Waals surface area (Å²) in [6.45, 7) is 15.9. The van der Waals surface area contributed by atoms with Crippen LogP contribution in [-0.2, 0) is 19.9 Å². The van der Waals surface area contributed by atoms with Gasteiger partial charge in [-0.25, -0.2) is 4.57 Å². The van der Waals surface area contributed by atoms with Crippen molar-refractivity contribution in [1.82, 2.24) is 0 Å². The monoisotopic (exact) mass is 489 g/mol. The molecule has 2 nitrogen and oxygen atoms in total. The van der Waals surface area contributed by atoms with Crippen molar-refractivity contribution >= 4 is 32.3 Å². The van der Waals surface area contributed by atoms with Gasteiger partial charge in [0.15, 0.2) is 6.17 Å². The maximum Gasteiger partial charge on any atom is 0.228 e. The molecule has 0 aliphatic carbocycles. The number of rotatable bonds is 2. The molecule has 37 heavy (non-hydrogen) atoms. The van der Waals surface area contributed by atoms with Crippen LogP contribution in [-0.4, -0.2) is 0 Å². The van der Waals surface area contributed by atoms with Crippen LogP contribution >= 0.6 is 0 Å². The molecule has 188 valence electrons. The molecule has 0 bridgehead atoms. The molecule has 4 aromatic carbocycles. The van der Waals surface area contributed by atoms with Crippen LogP contribution < -0.4 is 9.30 Å². The van der Waals surface area contributed by atoms with E-state index in [1.165, 1.54) is 38.2 Å². The van der Waals surface area contributed by atoms with Crippen LogP contribution in [0, 0.1) is 17.8 Å². The molecular formula is C35H38NO+. The molecule has 0 saturated carbocycles. The Bertz CT molecular complexity index is 1780. The minimum Gasteiger partial charge on any atom is -0.455 e. The van der Waals surface area contributed by atoms with Crippen molar-refractivity contribution in [3.63, 3.8) is 0 Å². The quantitative estimate of drug-likeness (QED) is 0.174. The summed E-state index contributed by atoms with van der Waals surface area (Å²) in [6, 6.07) is 19.8. The fraction of sp³-hybridized carbons (Fsp3) is 0.343. The highest BCUT2D eigenvalue weighted by atomic mass is 16.5. The van der Waals surface area contributed by atoms with Gasteiger partial charge in [0, 0.05) is 17.0 Å². The number of fused-ring (bicyclic) bond motifs is 5. The second kappa shape index (κ2) is 8.05. The predicted octanol–water partition coefficient (Wildman–Crippen LogP) is 9.23. The number of nitrogens with zero attached hydrogens (tertiary/aromatic N) is 1. The number of hydrogen-bond donors (Lipinski definition) is 0. The van der Waals surface area contributed by atoms with E-state index in [0.717, 1.165) is 46.4 Å². The van der Waals surface area contributed by atoms with Crippen LogP contribution in [0.3, 0.4) is 0 Å². The average molecular weight is 490 g/mol. The fourth-order valence-electron chi connectivity index (χ4n) is 6.21. The molecule has 2 heterocycles. The summed E-state index contributed by atoms with van der Waals surface area (Å²) in [4.78, 5) is 0. The van der Waals surface area contributed by atoms with Crippen LogP contribution in [0.1, 0.15) is 59.6 Å². The van der Waals surface area contributed by atoms with E-state index in [1.54, 1.807) is 0 Å². The van der Waals surface area contributed by atoms with Gasteiger partial charge in [0.1, 0.15) is 19.9 Å². The van der Waals surface area contributed by atoms with E-state index in [9.17, 15) is 0 Å². The van der Waals surface area contributed by atoms with Gasteiger partial charge in [-0.3, -0.25) is 0 Å². The van der Waals surface area contributed by atoms with Crippen molar-refractivity contribution < 1.29 is 10.7 Å². The third-order valence-corrected chi connectivity index (χ3v) is 7.61. The maximum absolute atomic E-state index is 8.97. The Labute approximate surface area is 222 Å². The summed E-state index contributed by atoms with van der Waals surface area (Å²) in [6.07, 6.45) is 2.42. The molecule has 5 aromatic rings. The van der Waals surface area contributed by atoms with Gasteiger partial charge in [0.2, 0.25) is 5.69 Å². The van der Waals surface area contributed by atoms with Gasteiger partial charge in [0.25, 0.3) is 0 Å². The number of benzene rings is 4. The first kappa shape index (κ1) is 22.8. The predicted molar refractivity (Wildman–Crippen MR) is 157 cm³/mol. The Kier molecular flexibility index (Phi) is 4.96. The Morgan fingerprint density at radius 2 is 1.51 bits per heavy atom. The minimum absolute atomic E-state index is 0.0927. The molecule has 6 rings (SSSR count). The van der Waals surface area contributed by atoms with Gasteiger partial charge in [-0.2, -0.15) is 0 Å². The number of ether oxygens (including phenoxy) is 1. The fourth-order valence-corrected chi connectivity index (χ4v) is 6.21. The molecule has 0 atom stereocenters. The summed E-state index contributed by atoms with van der Waals surface area (Å²) >= 11 is 0. The summed E-state index contributed by atoms with van der Waals surface area (Å²) in [5.41, 5.74) is 6.31. The lowest BCUT2D eigenvalue weighted by Crippen LogP contribution is -2.32. The molecule has 0 spiro atoms. The lowest BCUT2D eigenvalue weighted by atomic mass is 9.81. The molecule has 1 aliphatic heterocycles. The second-order valence-corrected chi connectivity index (χ2v) is 13.3. The number of aromatic nitrogens is 1. The zero-order valence-corrected chi connectivity index (χ0v) is 23.5. The van der Waals surface area contributed by atoms with E-state index in [1.807, 2.05) is 17.7 Å². The normalized spacial score (nSPS) is 13.7. The highest BCUT2D eigenvalue weighted by Gasteiger charge is 2.34. The first-order valence-corrected chi connectivity index (χ1v) is 13.4. The maximum atomic E-state index is 8.97. The number of pyridine rings is 1. The lowest BCUT2D eigenvalue weighted by Gasteiger charge is -2.28. The van der Waals surface area contributed by atoms with Crippen LogP contribution in [0.2, 0.25) is 0 Å². The third-order valence-electron chi connectivity index (χ3n) is 7.61. The van der Waals surface area contributed by atoms with Gasteiger partial charge in [-0.15, -0.1) is 0 Å². The van der Waals surface area contributed by atoms with Crippen molar-refractivity contribution in [2.45, 2.75) is 61.3 Å². The summed E-state index contributed by atoms with van der Waals surface area (Å²) in [7, 11) is 2.02. The number of aryl methyl sites for hydroxylation is 1. The average Bonchev–Trinajstić information content (AvgIpc) is 2.82. The molecule has 0 radical (unpaired) electrons. The highest BCUT2D eigenvalue weighted by Crippen LogP contribution is 2.52. The molecule has 1 aliphatic rings. The van der Waals surface area contributed by atoms with Crippen molar-refractivity contribution in [3.05, 3.63) is 77.5 Å². The Morgan fingerprint density at radius 3 is 2.22 bits per heavy atom. The van der Waals surface area contributed by atoms with Crippen molar-refractivity contribution in [1.29, 1.82) is 0 Å². The minimum atomic E-state index is 0.0927. The van der Waals surface area contributed by atoms with E-state index < -0.39 is 0 Å². The molecule has 0 fully saturated rings. The molecule has 0 amide bonds. The van der Waals surface area contributed by atoms with Gasteiger partial charge in [0.05, 0.1) is 10.9 Å². The topological polar surface area (TPSA) is 13.1 Å². The Hall–Kier alpha value is -3.39. The van der Waals surface area contributed by atoms with Gasteiger partial charge < -0.3 is 4.74 Å². The molecule has 1 aromatic heterocycles. The molecule has 0 unspecified atom stereocenters. The largest absolute Gasteiger partial charge is 0.455 e. The van der Waals surface area contributed by atoms with Gasteiger partial charge in [-0.05, 0) is 69.3 Å². The van der Waals surface area contributed by atoms with Crippen LogP contribution in [0.25, 0.3) is 43.6 Å². The molecule has 2 heteroatoms. The SMILES string of the molecule is [2H]c1cc2c3c(cc4cc(CC(C)(C)C)ccc42)Oc2c(c(C)c4ccccc4c2CC(C)(C)C)-c3[n+]1C. The van der Waals surface area contributed by atoms with E-state index in [-0.39, 0.29) is 10.8 Å². The zero-order chi connectivity index (χ0) is 27.1. The van der Waals surface area contributed by atoms with Crippen molar-refractivity contribution in [2.24, 2.45) is 17.9 Å². The third kappa shape index (κ3) is 3.98. The van der Waals surface area contributed by atoms with E-state index in [0.29, 0.717) is 6.17 Å². The highest BCUT2D eigenvalue weighted by molar-refractivity contribution is 6.16. The smallest absolute Gasteiger partial charge is 0.228 e. The van der Waals surface area contributed by atoms with E-state index in [4.69, 9.17) is 6.11 Å². The van der Waals surface area contributed by atoms with E-state index >= 15 is 0 Å². The first-order chi connectivity index (χ1) is 17.8. The second-order valence-electron chi connectivity index (χ2n) is 13.3. The summed E-state index contributed by atoms with van der Waals surface area (Å²) < 4.78 is 18.0. The van der Waals surface area contributed by atoms with Gasteiger partial charge >= 0.3 is 0 Å². The first-order valence-electron chi connectivity index (χ1n) is 13.9. The van der Waals surface area contributed by atoms with Crippen molar-refractivity contribution in [3.8, 4) is 22.8 Å². The van der Waals surface area contributed by atoms with Gasteiger partial charge in [-0.1, -0.05) is 84.0 Å².